The number of halogens is 2. The molecule has 1 unspecified atom stereocenters. The highest BCUT2D eigenvalue weighted by Crippen LogP contribution is 2.39. The van der Waals surface area contributed by atoms with E-state index >= 15 is 0 Å². The Kier molecular flexibility index (Phi) is 8.48. The smallest absolute Gasteiger partial charge is 0.258 e. The molecule has 4 aromatic carbocycles. The van der Waals surface area contributed by atoms with Crippen LogP contribution in [0.2, 0.25) is 5.02 Å². The summed E-state index contributed by atoms with van der Waals surface area (Å²) in [5.41, 5.74) is 2.56. The van der Waals surface area contributed by atoms with E-state index in [2.05, 4.69) is 10.6 Å². The van der Waals surface area contributed by atoms with Gasteiger partial charge in [0.25, 0.3) is 5.91 Å². The van der Waals surface area contributed by atoms with Gasteiger partial charge in [-0.3, -0.25) is 9.59 Å². The Balaban J connectivity index is 1.58. The Bertz CT molecular complexity index is 1430. The summed E-state index contributed by atoms with van der Waals surface area (Å²) in [4.78, 5) is 26.8. The lowest BCUT2D eigenvalue weighted by Gasteiger charge is -2.19. The molecule has 2 N–H and O–H groups in total. The van der Waals surface area contributed by atoms with Crippen LogP contribution in [0.3, 0.4) is 0 Å². The highest BCUT2D eigenvalue weighted by atomic mass is 35.5. The number of hydrogen-bond donors (Lipinski definition) is 2. The number of benzene rings is 4. The summed E-state index contributed by atoms with van der Waals surface area (Å²) >= 11 is 7.54. The van der Waals surface area contributed by atoms with Crippen LogP contribution < -0.4 is 15.4 Å². The molecule has 0 spiro atoms. The molecule has 37 heavy (non-hydrogen) atoms. The van der Waals surface area contributed by atoms with Crippen LogP contribution in [0.4, 0.5) is 15.8 Å². The Morgan fingerprint density at radius 3 is 2.38 bits per heavy atom. The van der Waals surface area contributed by atoms with E-state index in [-0.39, 0.29) is 11.5 Å². The summed E-state index contributed by atoms with van der Waals surface area (Å²) in [7, 11) is 1.52. The number of ether oxygens (including phenoxy) is 1. The molecule has 0 saturated heterocycles. The van der Waals surface area contributed by atoms with Gasteiger partial charge >= 0.3 is 0 Å². The lowest BCUT2D eigenvalue weighted by atomic mass is 10.1. The molecule has 4 rings (SSSR count). The fourth-order valence-corrected chi connectivity index (χ4v) is 4.89. The van der Waals surface area contributed by atoms with Gasteiger partial charge in [0.2, 0.25) is 5.91 Å². The van der Waals surface area contributed by atoms with Gasteiger partial charge in [-0.1, -0.05) is 60.1 Å². The number of anilines is 2. The second kappa shape index (κ2) is 12.0. The number of nitrogens with one attached hydrogen (secondary N) is 2. The summed E-state index contributed by atoms with van der Waals surface area (Å²) in [6.07, 6.45) is 0. The number of aryl methyl sites for hydroxylation is 1. The third kappa shape index (κ3) is 6.50. The van der Waals surface area contributed by atoms with E-state index in [1.807, 2.05) is 43.3 Å². The van der Waals surface area contributed by atoms with Gasteiger partial charge in [0.15, 0.2) is 0 Å². The quantitative estimate of drug-likeness (QED) is 0.229. The molecule has 1 atom stereocenters. The first kappa shape index (κ1) is 26.3. The first-order chi connectivity index (χ1) is 17.9. The maximum atomic E-state index is 14.0. The molecule has 5 nitrogen and oxygen atoms in total. The molecule has 188 valence electrons. The van der Waals surface area contributed by atoms with Gasteiger partial charge in [0, 0.05) is 21.7 Å². The number of thioether (sulfide) groups is 1. The predicted molar refractivity (Wildman–Crippen MR) is 147 cm³/mol. The minimum atomic E-state index is -0.612. The van der Waals surface area contributed by atoms with Crippen LogP contribution in [0.5, 0.6) is 5.75 Å². The second-order valence-electron chi connectivity index (χ2n) is 8.16. The standard InChI is InChI=1S/C29H24ClFN2O3S/c1-18-15-25(26(36-2)17-23(18)30)33-29(35)27(19-9-4-3-5-10-19)37-21-12-8-11-20(16-21)32-28(34)22-13-6-7-14-24(22)31/h3-17,27H,1-2H3,(H,32,34)(H,33,35). The molecule has 0 aliphatic carbocycles. The van der Waals surface area contributed by atoms with E-state index in [0.717, 1.165) is 16.0 Å². The molecule has 0 heterocycles. The zero-order chi connectivity index (χ0) is 26.4. The van der Waals surface area contributed by atoms with Crippen LogP contribution in [0, 0.1) is 12.7 Å². The average Bonchev–Trinajstić information content (AvgIpc) is 2.90. The van der Waals surface area contributed by atoms with Crippen LogP contribution in [0.1, 0.15) is 26.7 Å². The zero-order valence-corrected chi connectivity index (χ0v) is 21.7. The van der Waals surface area contributed by atoms with Crippen LogP contribution in [-0.4, -0.2) is 18.9 Å². The van der Waals surface area contributed by atoms with E-state index < -0.39 is 17.0 Å². The van der Waals surface area contributed by atoms with Crippen molar-refractivity contribution in [1.29, 1.82) is 0 Å². The minimum Gasteiger partial charge on any atom is -0.495 e. The molecule has 0 aliphatic rings. The maximum absolute atomic E-state index is 14.0. The van der Waals surface area contributed by atoms with Crippen molar-refractivity contribution in [2.24, 2.45) is 0 Å². The predicted octanol–water partition coefficient (Wildman–Crippen LogP) is 7.52. The molecule has 4 aromatic rings. The highest BCUT2D eigenvalue weighted by molar-refractivity contribution is 8.00. The van der Waals surface area contributed by atoms with Crippen molar-refractivity contribution in [3.05, 3.63) is 119 Å². The summed E-state index contributed by atoms with van der Waals surface area (Å²) < 4.78 is 19.4. The Labute approximate surface area is 224 Å². The molecular formula is C29H24ClFN2O3S. The van der Waals surface area contributed by atoms with Crippen LogP contribution in [-0.2, 0) is 4.79 Å². The fourth-order valence-electron chi connectivity index (χ4n) is 3.66. The van der Waals surface area contributed by atoms with Gasteiger partial charge in [-0.2, -0.15) is 0 Å². The minimum absolute atomic E-state index is 0.0469. The van der Waals surface area contributed by atoms with E-state index in [1.165, 1.54) is 37.1 Å². The number of amides is 2. The maximum Gasteiger partial charge on any atom is 0.258 e. The summed E-state index contributed by atoms with van der Waals surface area (Å²) in [6, 6.07) is 25.7. The fraction of sp³-hybridized carbons (Fsp3) is 0.103. The Morgan fingerprint density at radius 1 is 0.919 bits per heavy atom. The third-order valence-electron chi connectivity index (χ3n) is 5.54. The average molecular weight is 535 g/mol. The van der Waals surface area contributed by atoms with E-state index in [1.54, 1.807) is 36.4 Å². The molecule has 0 aliphatic heterocycles. The van der Waals surface area contributed by atoms with Crippen LogP contribution in [0.15, 0.2) is 95.9 Å². The normalized spacial score (nSPS) is 11.5. The lowest BCUT2D eigenvalue weighted by Crippen LogP contribution is -2.19. The SMILES string of the molecule is COc1cc(Cl)c(C)cc1NC(=O)C(Sc1cccc(NC(=O)c2ccccc2F)c1)c1ccccc1. The molecule has 2 amide bonds. The highest BCUT2D eigenvalue weighted by Gasteiger charge is 2.24. The van der Waals surface area contributed by atoms with Gasteiger partial charge in [-0.05, 0) is 54.4 Å². The van der Waals surface area contributed by atoms with Crippen molar-refractivity contribution < 1.29 is 18.7 Å². The van der Waals surface area contributed by atoms with E-state index in [0.29, 0.717) is 22.1 Å². The second-order valence-corrected chi connectivity index (χ2v) is 9.75. The largest absolute Gasteiger partial charge is 0.495 e. The molecule has 8 heteroatoms. The molecule has 0 radical (unpaired) electrons. The summed E-state index contributed by atoms with van der Waals surface area (Å²) in [6.45, 7) is 1.85. The number of methoxy groups -OCH3 is 1. The first-order valence-electron chi connectivity index (χ1n) is 11.4. The van der Waals surface area contributed by atoms with Crippen molar-refractivity contribution in [2.45, 2.75) is 17.1 Å². The van der Waals surface area contributed by atoms with Gasteiger partial charge in [0.1, 0.15) is 16.8 Å². The number of carbonyl (C=O) groups excluding carboxylic acids is 2. The monoisotopic (exact) mass is 534 g/mol. The number of carbonyl (C=O) groups is 2. The molecule has 0 fully saturated rings. The molecular weight excluding hydrogens is 511 g/mol. The van der Waals surface area contributed by atoms with Crippen LogP contribution >= 0.6 is 23.4 Å². The van der Waals surface area contributed by atoms with Crippen molar-refractivity contribution in [2.75, 3.05) is 17.7 Å². The Morgan fingerprint density at radius 2 is 1.65 bits per heavy atom. The van der Waals surface area contributed by atoms with Gasteiger partial charge in [-0.25, -0.2) is 4.39 Å². The number of hydrogen-bond acceptors (Lipinski definition) is 4. The third-order valence-corrected chi connectivity index (χ3v) is 7.20. The van der Waals surface area contributed by atoms with Gasteiger partial charge in [0.05, 0.1) is 18.4 Å². The summed E-state index contributed by atoms with van der Waals surface area (Å²) in [5, 5.41) is 5.62. The van der Waals surface area contributed by atoms with Crippen molar-refractivity contribution in [3.63, 3.8) is 0 Å². The summed E-state index contributed by atoms with van der Waals surface area (Å²) in [5.74, 6) is -0.947. The van der Waals surface area contributed by atoms with Crippen LogP contribution in [0.25, 0.3) is 0 Å². The zero-order valence-electron chi connectivity index (χ0n) is 20.1. The first-order valence-corrected chi connectivity index (χ1v) is 12.6. The van der Waals surface area contributed by atoms with E-state index in [9.17, 15) is 14.0 Å². The molecule has 0 bridgehead atoms. The number of rotatable bonds is 8. The lowest BCUT2D eigenvalue weighted by molar-refractivity contribution is -0.115. The van der Waals surface area contributed by atoms with Gasteiger partial charge in [-0.15, -0.1) is 11.8 Å². The van der Waals surface area contributed by atoms with Gasteiger partial charge < -0.3 is 15.4 Å². The van der Waals surface area contributed by atoms with Crippen molar-refractivity contribution >= 4 is 46.6 Å². The van der Waals surface area contributed by atoms with E-state index in [4.69, 9.17) is 16.3 Å². The molecule has 0 aromatic heterocycles. The topological polar surface area (TPSA) is 67.4 Å². The van der Waals surface area contributed by atoms with Crippen molar-refractivity contribution in [1.82, 2.24) is 0 Å². The van der Waals surface area contributed by atoms with Crippen molar-refractivity contribution in [3.8, 4) is 5.75 Å². The molecule has 0 saturated carbocycles. The Hall–Kier alpha value is -3.81.